The van der Waals surface area contributed by atoms with E-state index in [0.29, 0.717) is 16.2 Å². The molecule has 70 valence electrons. The van der Waals surface area contributed by atoms with Crippen LogP contribution in [-0.4, -0.2) is 11.5 Å². The van der Waals surface area contributed by atoms with E-state index >= 15 is 0 Å². The Morgan fingerprint density at radius 2 is 2.31 bits per heavy atom. The van der Waals surface area contributed by atoms with Gasteiger partial charge in [-0.1, -0.05) is 23.2 Å². The van der Waals surface area contributed by atoms with Gasteiger partial charge in [0.05, 0.1) is 5.02 Å². The fourth-order valence-electron chi connectivity index (χ4n) is 1.64. The Kier molecular flexibility index (Phi) is 2.72. The molecule has 1 aliphatic heterocycles. The number of aromatic nitrogens is 1. The molecule has 1 fully saturated rings. The number of halogens is 2. The van der Waals surface area contributed by atoms with Crippen LogP contribution in [0.1, 0.15) is 24.4 Å². The quantitative estimate of drug-likeness (QED) is 0.731. The van der Waals surface area contributed by atoms with Gasteiger partial charge < -0.3 is 5.32 Å². The Hall–Kier alpha value is -0.310. The number of hydrogen-bond acceptors (Lipinski definition) is 2. The molecule has 0 bridgehead atoms. The van der Waals surface area contributed by atoms with Gasteiger partial charge in [0, 0.05) is 12.2 Å². The maximum absolute atomic E-state index is 6.02. The Balaban J connectivity index is 2.32. The average molecular weight is 217 g/mol. The van der Waals surface area contributed by atoms with Crippen LogP contribution in [-0.2, 0) is 0 Å². The predicted molar refractivity (Wildman–Crippen MR) is 54.2 cm³/mol. The predicted octanol–water partition coefficient (Wildman–Crippen LogP) is 2.81. The largest absolute Gasteiger partial charge is 0.310 e. The first-order valence-corrected chi connectivity index (χ1v) is 5.07. The maximum Gasteiger partial charge on any atom is 0.129 e. The van der Waals surface area contributed by atoms with E-state index in [2.05, 4.69) is 10.3 Å². The fraction of sp³-hybridized carbons (Fsp3) is 0.444. The molecule has 1 unspecified atom stereocenters. The van der Waals surface area contributed by atoms with Gasteiger partial charge in [-0.05, 0) is 31.0 Å². The summed E-state index contributed by atoms with van der Waals surface area (Å²) in [5.74, 6) is 0. The van der Waals surface area contributed by atoms with Crippen LogP contribution in [0.2, 0.25) is 10.2 Å². The van der Waals surface area contributed by atoms with E-state index in [1.54, 1.807) is 6.20 Å². The number of nitrogens with one attached hydrogen (secondary N) is 1. The molecule has 2 heterocycles. The third-order valence-corrected chi connectivity index (χ3v) is 2.81. The van der Waals surface area contributed by atoms with Crippen LogP contribution in [0.25, 0.3) is 0 Å². The number of nitrogens with zero attached hydrogens (tertiary/aromatic N) is 1. The standard InChI is InChI=1S/C9H10Cl2N2/c10-7-5-13-9(11)4-6(7)8-2-1-3-12-8/h4-5,8,12H,1-3H2. The van der Waals surface area contributed by atoms with E-state index in [9.17, 15) is 0 Å². The van der Waals surface area contributed by atoms with E-state index in [-0.39, 0.29) is 0 Å². The highest BCUT2D eigenvalue weighted by Gasteiger charge is 2.18. The van der Waals surface area contributed by atoms with Crippen LogP contribution < -0.4 is 5.32 Å². The van der Waals surface area contributed by atoms with E-state index in [1.165, 1.54) is 6.42 Å². The second-order valence-corrected chi connectivity index (χ2v) is 3.97. The van der Waals surface area contributed by atoms with E-state index in [4.69, 9.17) is 23.2 Å². The molecular formula is C9H10Cl2N2. The number of rotatable bonds is 1. The molecule has 0 spiro atoms. The van der Waals surface area contributed by atoms with Crippen LogP contribution >= 0.6 is 23.2 Å². The Labute approximate surface area is 87.3 Å². The van der Waals surface area contributed by atoms with E-state index in [1.807, 2.05) is 6.07 Å². The lowest BCUT2D eigenvalue weighted by atomic mass is 10.1. The number of pyridine rings is 1. The second-order valence-electron chi connectivity index (χ2n) is 3.18. The molecule has 13 heavy (non-hydrogen) atoms. The van der Waals surface area contributed by atoms with Gasteiger partial charge in [-0.3, -0.25) is 0 Å². The highest BCUT2D eigenvalue weighted by Crippen LogP contribution is 2.29. The molecule has 2 nitrogen and oxygen atoms in total. The molecule has 0 aromatic carbocycles. The van der Waals surface area contributed by atoms with Gasteiger partial charge in [-0.15, -0.1) is 0 Å². The van der Waals surface area contributed by atoms with Crippen molar-refractivity contribution in [3.63, 3.8) is 0 Å². The summed E-state index contributed by atoms with van der Waals surface area (Å²) >= 11 is 11.8. The van der Waals surface area contributed by atoms with Crippen LogP contribution in [0.15, 0.2) is 12.3 Å². The molecule has 0 radical (unpaired) electrons. The molecule has 1 aromatic rings. The highest BCUT2D eigenvalue weighted by molar-refractivity contribution is 6.32. The van der Waals surface area contributed by atoms with Gasteiger partial charge in [0.15, 0.2) is 0 Å². The second kappa shape index (κ2) is 3.82. The van der Waals surface area contributed by atoms with Crippen molar-refractivity contribution in [2.45, 2.75) is 18.9 Å². The van der Waals surface area contributed by atoms with Crippen molar-refractivity contribution in [1.82, 2.24) is 10.3 Å². The molecule has 0 amide bonds. The summed E-state index contributed by atoms with van der Waals surface area (Å²) in [6, 6.07) is 2.19. The number of hydrogen-bond donors (Lipinski definition) is 1. The zero-order chi connectivity index (χ0) is 9.26. The van der Waals surface area contributed by atoms with Gasteiger partial charge >= 0.3 is 0 Å². The van der Waals surface area contributed by atoms with Gasteiger partial charge in [-0.2, -0.15) is 0 Å². The third-order valence-electron chi connectivity index (χ3n) is 2.29. The zero-order valence-corrected chi connectivity index (χ0v) is 8.57. The van der Waals surface area contributed by atoms with E-state index < -0.39 is 0 Å². The average Bonchev–Trinajstić information content (AvgIpc) is 2.61. The van der Waals surface area contributed by atoms with E-state index in [0.717, 1.165) is 18.5 Å². The van der Waals surface area contributed by atoms with Crippen LogP contribution in [0.3, 0.4) is 0 Å². The first kappa shape index (κ1) is 9.25. The first-order valence-electron chi connectivity index (χ1n) is 4.31. The highest BCUT2D eigenvalue weighted by atomic mass is 35.5. The van der Waals surface area contributed by atoms with Gasteiger partial charge in [0.25, 0.3) is 0 Å². The molecule has 1 N–H and O–H groups in total. The summed E-state index contributed by atoms with van der Waals surface area (Å²) in [6.07, 6.45) is 3.93. The minimum atomic E-state index is 0.355. The SMILES string of the molecule is Clc1cc(C2CCCN2)c(Cl)cn1. The monoisotopic (exact) mass is 216 g/mol. The molecule has 1 saturated heterocycles. The molecule has 1 aliphatic rings. The maximum atomic E-state index is 6.02. The first-order chi connectivity index (χ1) is 6.27. The van der Waals surface area contributed by atoms with Crippen molar-refractivity contribution in [3.05, 3.63) is 28.0 Å². The van der Waals surface area contributed by atoms with Gasteiger partial charge in [-0.25, -0.2) is 4.98 Å². The molecule has 4 heteroatoms. The molecule has 2 rings (SSSR count). The Morgan fingerprint density at radius 1 is 1.46 bits per heavy atom. The minimum absolute atomic E-state index is 0.355. The lowest BCUT2D eigenvalue weighted by Crippen LogP contribution is -2.13. The normalized spacial score (nSPS) is 22.2. The van der Waals surface area contributed by atoms with Crippen molar-refractivity contribution >= 4 is 23.2 Å². The molecule has 1 atom stereocenters. The summed E-state index contributed by atoms with van der Waals surface area (Å²) in [5, 5.41) is 4.58. The molecule has 0 saturated carbocycles. The topological polar surface area (TPSA) is 24.9 Å². The summed E-state index contributed by atoms with van der Waals surface area (Å²) in [5.41, 5.74) is 1.07. The van der Waals surface area contributed by atoms with Crippen molar-refractivity contribution in [2.24, 2.45) is 0 Å². The molecule has 0 aliphatic carbocycles. The van der Waals surface area contributed by atoms with Crippen molar-refractivity contribution in [1.29, 1.82) is 0 Å². The van der Waals surface area contributed by atoms with Crippen LogP contribution in [0.5, 0.6) is 0 Å². The summed E-state index contributed by atoms with van der Waals surface area (Å²) < 4.78 is 0. The fourth-order valence-corrected chi connectivity index (χ4v) is 2.05. The summed E-state index contributed by atoms with van der Waals surface area (Å²) in [7, 11) is 0. The van der Waals surface area contributed by atoms with Crippen molar-refractivity contribution in [3.8, 4) is 0 Å². The Morgan fingerprint density at radius 3 is 3.00 bits per heavy atom. The van der Waals surface area contributed by atoms with Gasteiger partial charge in [0.2, 0.25) is 0 Å². The van der Waals surface area contributed by atoms with Crippen molar-refractivity contribution < 1.29 is 0 Å². The van der Waals surface area contributed by atoms with Crippen molar-refractivity contribution in [2.75, 3.05) is 6.54 Å². The summed E-state index contributed by atoms with van der Waals surface area (Å²) in [6.45, 7) is 1.06. The zero-order valence-electron chi connectivity index (χ0n) is 7.06. The van der Waals surface area contributed by atoms with Crippen LogP contribution in [0, 0.1) is 0 Å². The smallest absolute Gasteiger partial charge is 0.129 e. The Bertz CT molecular complexity index is 308. The third kappa shape index (κ3) is 1.96. The van der Waals surface area contributed by atoms with Crippen LogP contribution in [0.4, 0.5) is 0 Å². The summed E-state index contributed by atoms with van der Waals surface area (Å²) in [4.78, 5) is 3.92. The van der Waals surface area contributed by atoms with Gasteiger partial charge in [0.1, 0.15) is 5.15 Å². The lowest BCUT2D eigenvalue weighted by Gasteiger charge is -2.11. The molecule has 1 aromatic heterocycles. The lowest BCUT2D eigenvalue weighted by molar-refractivity contribution is 0.647. The molecular weight excluding hydrogens is 207 g/mol. The minimum Gasteiger partial charge on any atom is -0.310 e.